The molecule has 1 rings (SSSR count). The molecule has 0 heterocycles. The first-order valence-corrected chi connectivity index (χ1v) is 7.34. The minimum atomic E-state index is -4.70. The van der Waals surface area contributed by atoms with Crippen LogP contribution in [0.4, 0.5) is 5.69 Å². The Balaban J connectivity index is 3.79. The summed E-state index contributed by atoms with van der Waals surface area (Å²) in [5, 5.41) is 2.50. The van der Waals surface area contributed by atoms with E-state index in [9.17, 15) is 16.8 Å². The first-order chi connectivity index (χ1) is 8.11. The van der Waals surface area contributed by atoms with E-state index in [1.54, 1.807) is 0 Å². The Morgan fingerprint density at radius 2 is 1.67 bits per heavy atom. The van der Waals surface area contributed by atoms with Gasteiger partial charge < -0.3 is 10.1 Å². The van der Waals surface area contributed by atoms with Gasteiger partial charge in [-0.05, 0) is 12.1 Å². The van der Waals surface area contributed by atoms with Crippen molar-refractivity contribution in [3.63, 3.8) is 0 Å². The summed E-state index contributed by atoms with van der Waals surface area (Å²) in [5.41, 5.74) is -0.0137. The SMILES string of the molecule is CNc1cc(S(=O)(=O)O)cc(S(=O)(=O)O)c1OC. The monoisotopic (exact) mass is 297 g/mol. The topological polar surface area (TPSA) is 130 Å². The van der Waals surface area contributed by atoms with Crippen LogP contribution in [0.5, 0.6) is 5.75 Å². The fourth-order valence-corrected chi connectivity index (χ4v) is 2.63. The van der Waals surface area contributed by atoms with E-state index >= 15 is 0 Å². The molecule has 0 aliphatic carbocycles. The molecule has 0 aromatic heterocycles. The van der Waals surface area contributed by atoms with Gasteiger partial charge in [-0.25, -0.2) is 0 Å². The smallest absolute Gasteiger partial charge is 0.298 e. The van der Waals surface area contributed by atoms with Crippen LogP contribution in [-0.4, -0.2) is 40.1 Å². The summed E-state index contributed by atoms with van der Waals surface area (Å²) in [4.78, 5) is -1.44. The summed E-state index contributed by atoms with van der Waals surface area (Å²) >= 11 is 0. The molecule has 10 heteroatoms. The summed E-state index contributed by atoms with van der Waals surface area (Å²) in [6.45, 7) is 0. The number of rotatable bonds is 4. The molecule has 0 unspecified atom stereocenters. The summed E-state index contributed by atoms with van der Waals surface area (Å²) in [6, 6.07) is 1.58. The maximum atomic E-state index is 11.1. The van der Waals surface area contributed by atoms with Gasteiger partial charge in [-0.1, -0.05) is 0 Å². The van der Waals surface area contributed by atoms with Crippen molar-refractivity contribution < 1.29 is 30.7 Å². The van der Waals surface area contributed by atoms with Gasteiger partial charge in [0, 0.05) is 7.05 Å². The number of hydrogen-bond acceptors (Lipinski definition) is 6. The molecule has 8 nitrogen and oxygen atoms in total. The first kappa shape index (κ1) is 14.7. The minimum Gasteiger partial charge on any atom is -0.493 e. The van der Waals surface area contributed by atoms with Crippen molar-refractivity contribution in [2.45, 2.75) is 9.79 Å². The Bertz CT molecular complexity index is 663. The highest BCUT2D eigenvalue weighted by Crippen LogP contribution is 2.34. The second-order valence-corrected chi connectivity index (χ2v) is 6.01. The predicted molar refractivity (Wildman–Crippen MR) is 62.2 cm³/mol. The van der Waals surface area contributed by atoms with Crippen LogP contribution < -0.4 is 10.1 Å². The molecule has 0 saturated heterocycles. The molecular weight excluding hydrogens is 286 g/mol. The first-order valence-electron chi connectivity index (χ1n) is 4.46. The van der Waals surface area contributed by atoms with Crippen molar-refractivity contribution in [2.75, 3.05) is 19.5 Å². The third-order valence-corrected chi connectivity index (χ3v) is 3.77. The van der Waals surface area contributed by atoms with Gasteiger partial charge in [0.15, 0.2) is 5.75 Å². The van der Waals surface area contributed by atoms with Crippen LogP contribution in [0.1, 0.15) is 0 Å². The molecule has 1 aromatic carbocycles. The quantitative estimate of drug-likeness (QED) is 0.673. The highest BCUT2D eigenvalue weighted by atomic mass is 32.2. The van der Waals surface area contributed by atoms with Crippen molar-refractivity contribution >= 4 is 25.9 Å². The van der Waals surface area contributed by atoms with E-state index < -0.39 is 30.0 Å². The van der Waals surface area contributed by atoms with E-state index in [2.05, 4.69) is 5.32 Å². The van der Waals surface area contributed by atoms with Crippen molar-refractivity contribution in [3.05, 3.63) is 12.1 Å². The van der Waals surface area contributed by atoms with Crippen LogP contribution in [0.15, 0.2) is 21.9 Å². The van der Waals surface area contributed by atoms with Gasteiger partial charge in [-0.3, -0.25) is 9.11 Å². The van der Waals surface area contributed by atoms with Gasteiger partial charge in [-0.15, -0.1) is 0 Å². The lowest BCUT2D eigenvalue weighted by atomic mass is 10.3. The van der Waals surface area contributed by atoms with E-state index in [0.717, 1.165) is 13.2 Å². The zero-order valence-corrected chi connectivity index (χ0v) is 11.0. The number of nitrogens with one attached hydrogen (secondary N) is 1. The number of methoxy groups -OCH3 is 1. The van der Waals surface area contributed by atoms with E-state index in [1.807, 2.05) is 0 Å². The number of benzene rings is 1. The van der Waals surface area contributed by atoms with Crippen molar-refractivity contribution in [2.24, 2.45) is 0 Å². The normalized spacial score (nSPS) is 12.2. The summed E-state index contributed by atoms with van der Waals surface area (Å²) in [5.74, 6) is -0.257. The number of ether oxygens (including phenoxy) is 1. The Morgan fingerprint density at radius 1 is 1.11 bits per heavy atom. The lowest BCUT2D eigenvalue weighted by Gasteiger charge is -2.12. The molecule has 0 amide bonds. The Hall–Kier alpha value is -1.36. The molecule has 1 aromatic rings. The molecular formula is C8H11NO7S2. The van der Waals surface area contributed by atoms with Gasteiger partial charge in [0.1, 0.15) is 4.90 Å². The molecule has 0 aliphatic heterocycles. The van der Waals surface area contributed by atoms with Gasteiger partial charge in [0.2, 0.25) is 0 Å². The second-order valence-electron chi connectivity index (χ2n) is 3.20. The van der Waals surface area contributed by atoms with Crippen LogP contribution in [-0.2, 0) is 20.2 Å². The van der Waals surface area contributed by atoms with Gasteiger partial charge >= 0.3 is 0 Å². The molecule has 0 radical (unpaired) electrons. The molecule has 3 N–H and O–H groups in total. The van der Waals surface area contributed by atoms with E-state index in [1.165, 1.54) is 7.05 Å². The highest BCUT2D eigenvalue weighted by Gasteiger charge is 2.24. The van der Waals surface area contributed by atoms with Gasteiger partial charge in [0.05, 0.1) is 17.7 Å². The molecule has 0 spiro atoms. The molecule has 102 valence electrons. The predicted octanol–water partition coefficient (Wildman–Crippen LogP) is 0.230. The maximum Gasteiger partial charge on any atom is 0.298 e. The Labute approximate surface area is 104 Å². The van der Waals surface area contributed by atoms with Crippen LogP contribution in [0.25, 0.3) is 0 Å². The van der Waals surface area contributed by atoms with Crippen molar-refractivity contribution in [3.8, 4) is 5.75 Å². The average molecular weight is 297 g/mol. The molecule has 0 atom stereocenters. The zero-order valence-electron chi connectivity index (χ0n) is 9.41. The van der Waals surface area contributed by atoms with Crippen LogP contribution in [0.3, 0.4) is 0 Å². The lowest BCUT2D eigenvalue weighted by Crippen LogP contribution is -2.08. The van der Waals surface area contributed by atoms with Crippen LogP contribution in [0, 0.1) is 0 Å². The molecule has 0 fully saturated rings. The fraction of sp³-hybridized carbons (Fsp3) is 0.250. The van der Waals surface area contributed by atoms with Gasteiger partial charge in [0.25, 0.3) is 20.2 Å². The van der Waals surface area contributed by atoms with Crippen LogP contribution in [0.2, 0.25) is 0 Å². The third kappa shape index (κ3) is 2.90. The average Bonchev–Trinajstić information content (AvgIpc) is 2.24. The lowest BCUT2D eigenvalue weighted by molar-refractivity contribution is 0.398. The zero-order chi connectivity index (χ0) is 14.1. The minimum absolute atomic E-state index is 0.0137. The van der Waals surface area contributed by atoms with Gasteiger partial charge in [-0.2, -0.15) is 16.8 Å². The molecule has 0 aliphatic rings. The van der Waals surface area contributed by atoms with E-state index in [0.29, 0.717) is 6.07 Å². The van der Waals surface area contributed by atoms with Crippen molar-refractivity contribution in [1.29, 1.82) is 0 Å². The molecule has 0 bridgehead atoms. The molecule has 0 saturated carbocycles. The van der Waals surface area contributed by atoms with E-state index in [-0.39, 0.29) is 11.4 Å². The Kier molecular flexibility index (Phi) is 3.86. The summed E-state index contributed by atoms with van der Waals surface area (Å²) in [6.07, 6.45) is 0. The van der Waals surface area contributed by atoms with E-state index in [4.69, 9.17) is 13.8 Å². The summed E-state index contributed by atoms with van der Waals surface area (Å²) in [7, 11) is -6.78. The summed E-state index contributed by atoms with van der Waals surface area (Å²) < 4.78 is 66.9. The fourth-order valence-electron chi connectivity index (χ4n) is 1.31. The standard InChI is InChI=1S/C8H11NO7S2/c1-9-6-3-5(17(10,11)12)4-7(8(6)16-2)18(13,14)15/h3-4,9H,1-2H3,(H,10,11,12)(H,13,14,15). The number of hydrogen-bond donors (Lipinski definition) is 3. The highest BCUT2D eigenvalue weighted by molar-refractivity contribution is 7.86. The Morgan fingerprint density at radius 3 is 2.00 bits per heavy atom. The largest absolute Gasteiger partial charge is 0.493 e. The molecule has 18 heavy (non-hydrogen) atoms. The van der Waals surface area contributed by atoms with Crippen molar-refractivity contribution in [1.82, 2.24) is 0 Å². The van der Waals surface area contributed by atoms with Crippen LogP contribution >= 0.6 is 0 Å². The number of anilines is 1. The third-order valence-electron chi connectivity index (χ3n) is 2.08. The maximum absolute atomic E-state index is 11.1. The second kappa shape index (κ2) is 4.72.